The fraction of sp³-hybridized carbons (Fsp3) is 0.750. The van der Waals surface area contributed by atoms with E-state index in [1.807, 2.05) is 0 Å². The van der Waals surface area contributed by atoms with E-state index in [4.69, 9.17) is 11.6 Å². The molecule has 0 aromatic heterocycles. The molecule has 1 heterocycles. The molecule has 4 N–H and O–H groups in total. The van der Waals surface area contributed by atoms with Gasteiger partial charge in [0.1, 0.15) is 0 Å². The molecule has 8 heavy (non-hydrogen) atoms. The summed E-state index contributed by atoms with van der Waals surface area (Å²) in [6, 6.07) is -0.347. The highest BCUT2D eigenvalue weighted by Gasteiger charge is 2.25. The first-order valence-corrected chi connectivity index (χ1v) is 2.53. The number of carbonyl (C=O) groups is 1. The van der Waals surface area contributed by atoms with Gasteiger partial charge in [-0.15, -0.1) is 0 Å². The summed E-state index contributed by atoms with van der Waals surface area (Å²) < 4.78 is 0. The van der Waals surface area contributed by atoms with Gasteiger partial charge in [-0.25, -0.2) is 5.84 Å². The van der Waals surface area contributed by atoms with E-state index < -0.39 is 0 Å². The summed E-state index contributed by atoms with van der Waals surface area (Å²) in [6.07, 6.45) is 0.690. The molecule has 0 aromatic rings. The zero-order valence-electron chi connectivity index (χ0n) is 4.50. The Bertz CT molecular complexity index is 102. The van der Waals surface area contributed by atoms with Crippen LogP contribution in [0.4, 0.5) is 0 Å². The van der Waals surface area contributed by atoms with Gasteiger partial charge in [0.2, 0.25) is 0 Å². The molecule has 1 saturated heterocycles. The maximum atomic E-state index is 10.6. The van der Waals surface area contributed by atoms with Crippen molar-refractivity contribution in [1.82, 2.24) is 5.01 Å². The summed E-state index contributed by atoms with van der Waals surface area (Å²) in [5.74, 6) is 5.02. The van der Waals surface area contributed by atoms with Crippen molar-refractivity contribution in [2.45, 2.75) is 12.5 Å². The summed E-state index contributed by atoms with van der Waals surface area (Å²) in [5.41, 5.74) is 5.30. The Morgan fingerprint density at radius 3 is 2.50 bits per heavy atom. The van der Waals surface area contributed by atoms with Gasteiger partial charge < -0.3 is 5.73 Å². The van der Waals surface area contributed by atoms with Gasteiger partial charge in [-0.1, -0.05) is 0 Å². The molecule has 1 rings (SSSR count). The average molecular weight is 115 g/mol. The fourth-order valence-corrected chi connectivity index (χ4v) is 0.725. The molecule has 0 saturated carbocycles. The first-order valence-electron chi connectivity index (χ1n) is 2.53. The molecule has 4 heteroatoms. The fourth-order valence-electron chi connectivity index (χ4n) is 0.725. The molecule has 1 atom stereocenters. The third-order valence-electron chi connectivity index (χ3n) is 1.28. The number of carbonyl (C=O) groups excluding carboxylic acids is 1. The van der Waals surface area contributed by atoms with Gasteiger partial charge in [-0.3, -0.25) is 9.80 Å². The summed E-state index contributed by atoms with van der Waals surface area (Å²) >= 11 is 0. The summed E-state index contributed by atoms with van der Waals surface area (Å²) in [4.78, 5) is 10.6. The molecular weight excluding hydrogens is 106 g/mol. The number of nitrogens with two attached hydrogens (primary N) is 2. The van der Waals surface area contributed by atoms with Crippen LogP contribution in [0.5, 0.6) is 0 Å². The molecule has 46 valence electrons. The molecule has 0 bridgehead atoms. The number of hydrogen-bond acceptors (Lipinski definition) is 3. The number of hydrazine groups is 1. The first kappa shape index (κ1) is 5.53. The van der Waals surface area contributed by atoms with Crippen molar-refractivity contribution in [2.75, 3.05) is 6.54 Å². The molecule has 0 radical (unpaired) electrons. The molecule has 0 spiro atoms. The van der Waals surface area contributed by atoms with E-state index in [1.165, 1.54) is 0 Å². The lowest BCUT2D eigenvalue weighted by atomic mass is 10.3. The second kappa shape index (κ2) is 1.72. The Kier molecular flexibility index (Phi) is 1.19. The van der Waals surface area contributed by atoms with Gasteiger partial charge in [-0.2, -0.15) is 0 Å². The number of rotatable bonds is 0. The maximum absolute atomic E-state index is 10.6. The molecule has 0 aromatic carbocycles. The quantitative estimate of drug-likeness (QED) is 0.295. The Balaban J connectivity index is 2.57. The monoisotopic (exact) mass is 115 g/mol. The molecule has 1 aliphatic rings. The van der Waals surface area contributed by atoms with Crippen LogP contribution in [0, 0.1) is 0 Å². The molecule has 1 fully saturated rings. The van der Waals surface area contributed by atoms with Gasteiger partial charge in [0.25, 0.3) is 5.91 Å². The highest BCUT2D eigenvalue weighted by Crippen LogP contribution is 2.02. The predicted molar refractivity (Wildman–Crippen MR) is 28.5 cm³/mol. The molecular formula is C4H9N3O. The predicted octanol–water partition coefficient (Wildman–Crippen LogP) is -1.58. The van der Waals surface area contributed by atoms with Crippen LogP contribution in [0.2, 0.25) is 0 Å². The highest BCUT2D eigenvalue weighted by atomic mass is 16.2. The van der Waals surface area contributed by atoms with Crippen LogP contribution in [0.25, 0.3) is 0 Å². The van der Waals surface area contributed by atoms with Gasteiger partial charge >= 0.3 is 0 Å². The first-order chi connectivity index (χ1) is 3.72. The lowest BCUT2D eigenvalue weighted by Crippen LogP contribution is -2.38. The van der Waals surface area contributed by atoms with Crippen LogP contribution in [-0.2, 0) is 4.79 Å². The number of amides is 1. The van der Waals surface area contributed by atoms with Crippen molar-refractivity contribution in [3.8, 4) is 0 Å². The van der Waals surface area contributed by atoms with E-state index in [2.05, 4.69) is 0 Å². The molecule has 1 unspecified atom stereocenters. The number of hydrogen-bond donors (Lipinski definition) is 2. The largest absolute Gasteiger partial charge is 0.320 e. The van der Waals surface area contributed by atoms with E-state index in [9.17, 15) is 4.79 Å². The minimum absolute atomic E-state index is 0.148. The Morgan fingerprint density at radius 1 is 1.75 bits per heavy atom. The lowest BCUT2D eigenvalue weighted by molar-refractivity contribution is -0.128. The minimum Gasteiger partial charge on any atom is -0.320 e. The highest BCUT2D eigenvalue weighted by molar-refractivity contribution is 5.82. The van der Waals surface area contributed by atoms with Crippen molar-refractivity contribution < 1.29 is 4.79 Å². The standard InChI is InChI=1S/C4H9N3O/c5-3-1-2-7(6)4(3)8/h3H,1-2,5-6H2. The smallest absolute Gasteiger partial charge is 0.253 e. The van der Waals surface area contributed by atoms with Gasteiger partial charge in [0.15, 0.2) is 0 Å². The number of nitrogens with zero attached hydrogens (tertiary/aromatic N) is 1. The van der Waals surface area contributed by atoms with Crippen LogP contribution in [0.1, 0.15) is 6.42 Å². The third-order valence-corrected chi connectivity index (χ3v) is 1.28. The van der Waals surface area contributed by atoms with Crippen LogP contribution < -0.4 is 11.6 Å². The zero-order valence-corrected chi connectivity index (χ0v) is 4.50. The normalized spacial score (nSPS) is 29.5. The molecule has 0 aliphatic carbocycles. The van der Waals surface area contributed by atoms with Crippen LogP contribution >= 0.6 is 0 Å². The van der Waals surface area contributed by atoms with Crippen LogP contribution in [0.3, 0.4) is 0 Å². The summed E-state index contributed by atoms with van der Waals surface area (Å²) in [7, 11) is 0. The molecule has 1 amide bonds. The van der Waals surface area contributed by atoms with Crippen molar-refractivity contribution in [1.29, 1.82) is 0 Å². The van der Waals surface area contributed by atoms with Crippen molar-refractivity contribution in [3.63, 3.8) is 0 Å². The second-order valence-electron chi connectivity index (χ2n) is 1.93. The Hall–Kier alpha value is -0.610. The van der Waals surface area contributed by atoms with E-state index in [1.54, 1.807) is 0 Å². The van der Waals surface area contributed by atoms with E-state index in [-0.39, 0.29) is 11.9 Å². The second-order valence-corrected chi connectivity index (χ2v) is 1.93. The van der Waals surface area contributed by atoms with Gasteiger partial charge in [0.05, 0.1) is 6.04 Å². The van der Waals surface area contributed by atoms with Crippen molar-refractivity contribution in [2.24, 2.45) is 11.6 Å². The lowest BCUT2D eigenvalue weighted by Gasteiger charge is -2.04. The minimum atomic E-state index is -0.347. The zero-order chi connectivity index (χ0) is 6.15. The van der Waals surface area contributed by atoms with Gasteiger partial charge in [-0.05, 0) is 6.42 Å². The SMILES string of the molecule is NC1CCN(N)C1=O. The Labute approximate surface area is 47.4 Å². The van der Waals surface area contributed by atoms with Gasteiger partial charge in [0, 0.05) is 6.54 Å². The topological polar surface area (TPSA) is 72.3 Å². The van der Waals surface area contributed by atoms with Crippen LogP contribution in [0.15, 0.2) is 0 Å². The third kappa shape index (κ3) is 0.677. The summed E-state index contributed by atoms with van der Waals surface area (Å²) in [6.45, 7) is 0.597. The van der Waals surface area contributed by atoms with Crippen molar-refractivity contribution in [3.05, 3.63) is 0 Å². The van der Waals surface area contributed by atoms with E-state index in [0.29, 0.717) is 13.0 Å². The maximum Gasteiger partial charge on any atom is 0.253 e. The molecule has 4 nitrogen and oxygen atoms in total. The van der Waals surface area contributed by atoms with Crippen molar-refractivity contribution >= 4 is 5.91 Å². The molecule has 1 aliphatic heterocycles. The Morgan fingerprint density at radius 2 is 2.38 bits per heavy atom. The van der Waals surface area contributed by atoms with Crippen LogP contribution in [-0.4, -0.2) is 23.5 Å². The van der Waals surface area contributed by atoms with E-state index in [0.717, 1.165) is 5.01 Å². The average Bonchev–Trinajstić information content (AvgIpc) is 1.98. The van der Waals surface area contributed by atoms with E-state index >= 15 is 0 Å². The summed E-state index contributed by atoms with van der Waals surface area (Å²) in [5, 5.41) is 1.16.